The van der Waals surface area contributed by atoms with Gasteiger partial charge >= 0.3 is 5.97 Å². The molecular weight excluding hydrogens is 324 g/mol. The fourth-order valence-corrected chi connectivity index (χ4v) is 2.51. The molecule has 1 aromatic heterocycles. The fraction of sp³-hybridized carbons (Fsp3) is 0.278. The van der Waals surface area contributed by atoms with E-state index in [-0.39, 0.29) is 18.0 Å². The highest BCUT2D eigenvalue weighted by Gasteiger charge is 2.22. The van der Waals surface area contributed by atoms with Crippen molar-refractivity contribution < 1.29 is 23.8 Å². The molecule has 0 aliphatic carbocycles. The van der Waals surface area contributed by atoms with E-state index in [0.29, 0.717) is 24.7 Å². The number of rotatable bonds is 5. The van der Waals surface area contributed by atoms with Crippen LogP contribution in [0.2, 0.25) is 0 Å². The normalized spacial score (nSPS) is 13.6. The number of methoxy groups -OCH3 is 1. The van der Waals surface area contributed by atoms with Gasteiger partial charge in [0.2, 0.25) is 0 Å². The first-order valence-electron chi connectivity index (χ1n) is 7.85. The summed E-state index contributed by atoms with van der Waals surface area (Å²) in [6, 6.07) is 9.80. The number of carbonyl (C=O) groups excluding carboxylic acids is 2. The van der Waals surface area contributed by atoms with Crippen LogP contribution >= 0.6 is 0 Å². The average Bonchev–Trinajstić information content (AvgIpc) is 2.67. The maximum absolute atomic E-state index is 12.4. The number of pyridine rings is 1. The smallest absolute Gasteiger partial charge is 0.307 e. The van der Waals surface area contributed by atoms with Gasteiger partial charge in [0.15, 0.2) is 11.5 Å². The first-order chi connectivity index (χ1) is 12.2. The highest BCUT2D eigenvalue weighted by atomic mass is 16.6. The molecule has 2 aromatic rings. The van der Waals surface area contributed by atoms with Gasteiger partial charge in [0.05, 0.1) is 19.6 Å². The molecule has 3 rings (SSSR count). The Hall–Kier alpha value is -3.09. The number of nitrogens with one attached hydrogen (secondary N) is 1. The molecule has 0 bridgehead atoms. The molecule has 130 valence electrons. The van der Waals surface area contributed by atoms with Crippen molar-refractivity contribution in [2.24, 2.45) is 0 Å². The van der Waals surface area contributed by atoms with Crippen LogP contribution in [0.1, 0.15) is 28.5 Å². The van der Waals surface area contributed by atoms with Gasteiger partial charge in [0.25, 0.3) is 5.91 Å². The standard InChI is InChI=1S/C18H18N2O5/c1-23-17(21)11-14(20-18(22)13-4-2-3-7-19-13)12-5-6-15-16(10-12)25-9-8-24-15/h2-7,10,14H,8-9,11H2,1H3,(H,20,22). The molecule has 1 amide bonds. The Balaban J connectivity index is 1.84. The average molecular weight is 342 g/mol. The molecule has 1 aromatic carbocycles. The number of aromatic nitrogens is 1. The predicted molar refractivity (Wildman–Crippen MR) is 88.5 cm³/mol. The molecule has 7 heteroatoms. The van der Waals surface area contributed by atoms with Crippen molar-refractivity contribution >= 4 is 11.9 Å². The number of hydrogen-bond acceptors (Lipinski definition) is 6. The van der Waals surface area contributed by atoms with Crippen molar-refractivity contribution in [1.29, 1.82) is 0 Å². The number of carbonyl (C=O) groups is 2. The summed E-state index contributed by atoms with van der Waals surface area (Å²) in [7, 11) is 1.31. The summed E-state index contributed by atoms with van der Waals surface area (Å²) >= 11 is 0. The van der Waals surface area contributed by atoms with E-state index in [2.05, 4.69) is 10.3 Å². The highest BCUT2D eigenvalue weighted by molar-refractivity contribution is 5.92. The quantitative estimate of drug-likeness (QED) is 0.835. The lowest BCUT2D eigenvalue weighted by Gasteiger charge is -2.22. The van der Waals surface area contributed by atoms with Gasteiger partial charge in [-0.05, 0) is 29.8 Å². The van der Waals surface area contributed by atoms with E-state index < -0.39 is 12.0 Å². The van der Waals surface area contributed by atoms with E-state index >= 15 is 0 Å². The van der Waals surface area contributed by atoms with Crippen LogP contribution in [0.25, 0.3) is 0 Å². The molecule has 2 heterocycles. The molecule has 0 spiro atoms. The number of benzene rings is 1. The third-order valence-electron chi connectivity index (χ3n) is 3.77. The molecule has 25 heavy (non-hydrogen) atoms. The minimum atomic E-state index is -0.571. The second kappa shape index (κ2) is 7.65. The topological polar surface area (TPSA) is 86.8 Å². The Morgan fingerprint density at radius 3 is 2.72 bits per heavy atom. The molecule has 0 saturated carbocycles. The first-order valence-corrected chi connectivity index (χ1v) is 7.85. The second-order valence-electron chi connectivity index (χ2n) is 5.42. The molecule has 0 radical (unpaired) electrons. The molecule has 1 aliphatic heterocycles. The first kappa shape index (κ1) is 16.8. The van der Waals surface area contributed by atoms with Gasteiger partial charge in [-0.15, -0.1) is 0 Å². The Labute approximate surface area is 144 Å². The van der Waals surface area contributed by atoms with E-state index in [9.17, 15) is 9.59 Å². The molecule has 1 aliphatic rings. The third-order valence-corrected chi connectivity index (χ3v) is 3.77. The summed E-state index contributed by atoms with van der Waals surface area (Å²) in [5.41, 5.74) is 0.994. The van der Waals surface area contributed by atoms with Crippen molar-refractivity contribution in [1.82, 2.24) is 10.3 Å². The monoisotopic (exact) mass is 342 g/mol. The van der Waals surface area contributed by atoms with Crippen LogP contribution in [-0.2, 0) is 9.53 Å². The van der Waals surface area contributed by atoms with Gasteiger partial charge in [-0.25, -0.2) is 0 Å². The summed E-state index contributed by atoms with van der Waals surface area (Å²) in [5, 5.41) is 2.82. The lowest BCUT2D eigenvalue weighted by molar-refractivity contribution is -0.141. The van der Waals surface area contributed by atoms with Crippen LogP contribution in [-0.4, -0.2) is 37.2 Å². The Bertz CT molecular complexity index is 763. The van der Waals surface area contributed by atoms with Crippen molar-refractivity contribution in [3.8, 4) is 11.5 Å². The van der Waals surface area contributed by atoms with Gasteiger partial charge in [0.1, 0.15) is 18.9 Å². The number of hydrogen-bond donors (Lipinski definition) is 1. The molecule has 0 saturated heterocycles. The number of ether oxygens (including phenoxy) is 3. The van der Waals surface area contributed by atoms with Crippen LogP contribution in [0.15, 0.2) is 42.6 Å². The van der Waals surface area contributed by atoms with Crippen LogP contribution in [0.3, 0.4) is 0 Å². The van der Waals surface area contributed by atoms with E-state index in [1.807, 2.05) is 0 Å². The molecule has 1 atom stereocenters. The van der Waals surface area contributed by atoms with Crippen LogP contribution in [0.5, 0.6) is 11.5 Å². The van der Waals surface area contributed by atoms with Gasteiger partial charge in [-0.3, -0.25) is 14.6 Å². The predicted octanol–water partition coefficient (Wildman–Crippen LogP) is 1.89. The summed E-state index contributed by atoms with van der Waals surface area (Å²) in [6.45, 7) is 0.951. The van der Waals surface area contributed by atoms with Gasteiger partial charge in [-0.1, -0.05) is 12.1 Å². The fourth-order valence-electron chi connectivity index (χ4n) is 2.51. The number of fused-ring (bicyclic) bond motifs is 1. The number of esters is 1. The molecular formula is C18H18N2O5. The SMILES string of the molecule is COC(=O)CC(NC(=O)c1ccccn1)c1ccc2c(c1)OCCO2. The van der Waals surface area contributed by atoms with Crippen LogP contribution in [0, 0.1) is 0 Å². The second-order valence-corrected chi connectivity index (χ2v) is 5.42. The number of nitrogens with zero attached hydrogens (tertiary/aromatic N) is 1. The summed E-state index contributed by atoms with van der Waals surface area (Å²) < 4.78 is 15.8. The summed E-state index contributed by atoms with van der Waals surface area (Å²) in [5.74, 6) is 0.430. The maximum atomic E-state index is 12.4. The van der Waals surface area contributed by atoms with Gasteiger partial charge in [-0.2, -0.15) is 0 Å². The third kappa shape index (κ3) is 4.06. The van der Waals surface area contributed by atoms with Crippen molar-refractivity contribution in [2.45, 2.75) is 12.5 Å². The Morgan fingerprint density at radius 2 is 2.00 bits per heavy atom. The van der Waals surface area contributed by atoms with Crippen LogP contribution in [0.4, 0.5) is 0 Å². The zero-order valence-corrected chi connectivity index (χ0v) is 13.7. The Morgan fingerprint density at radius 1 is 1.20 bits per heavy atom. The minimum Gasteiger partial charge on any atom is -0.486 e. The van der Waals surface area contributed by atoms with Gasteiger partial charge < -0.3 is 19.5 Å². The summed E-state index contributed by atoms with van der Waals surface area (Å²) in [6.07, 6.45) is 1.53. The molecule has 7 nitrogen and oxygen atoms in total. The van der Waals surface area contributed by atoms with Crippen molar-refractivity contribution in [3.63, 3.8) is 0 Å². The van der Waals surface area contributed by atoms with E-state index in [1.54, 1.807) is 36.4 Å². The largest absolute Gasteiger partial charge is 0.486 e. The van der Waals surface area contributed by atoms with E-state index in [4.69, 9.17) is 14.2 Å². The maximum Gasteiger partial charge on any atom is 0.307 e. The minimum absolute atomic E-state index is 0.00524. The van der Waals surface area contributed by atoms with Gasteiger partial charge in [0, 0.05) is 6.20 Å². The van der Waals surface area contributed by atoms with Crippen LogP contribution < -0.4 is 14.8 Å². The molecule has 0 fully saturated rings. The van der Waals surface area contributed by atoms with E-state index in [1.165, 1.54) is 13.3 Å². The zero-order chi connectivity index (χ0) is 17.6. The van der Waals surface area contributed by atoms with E-state index in [0.717, 1.165) is 5.56 Å². The van der Waals surface area contributed by atoms with Crippen molar-refractivity contribution in [2.75, 3.05) is 20.3 Å². The summed E-state index contributed by atoms with van der Waals surface area (Å²) in [4.78, 5) is 28.2. The number of amides is 1. The molecule has 1 N–H and O–H groups in total. The van der Waals surface area contributed by atoms with Crippen molar-refractivity contribution in [3.05, 3.63) is 53.9 Å². The lowest BCUT2D eigenvalue weighted by atomic mass is 10.0. The molecule has 1 unspecified atom stereocenters. The zero-order valence-electron chi connectivity index (χ0n) is 13.7. The Kier molecular flexibility index (Phi) is 5.13. The highest BCUT2D eigenvalue weighted by Crippen LogP contribution is 2.33. The lowest BCUT2D eigenvalue weighted by Crippen LogP contribution is -2.31.